The largest absolute Gasteiger partial charge is 0.311 e. The lowest BCUT2D eigenvalue weighted by molar-refractivity contribution is 0.417. The van der Waals surface area contributed by atoms with Gasteiger partial charge in [0.1, 0.15) is 11.6 Å². The highest BCUT2D eigenvalue weighted by Crippen LogP contribution is 2.34. The van der Waals surface area contributed by atoms with Gasteiger partial charge in [-0.1, -0.05) is 23.7 Å². The Morgan fingerprint density at radius 3 is 2.94 bits per heavy atom. The van der Waals surface area contributed by atoms with Gasteiger partial charge in [-0.25, -0.2) is 9.37 Å². The molecule has 1 aliphatic rings. The van der Waals surface area contributed by atoms with Gasteiger partial charge in [0.15, 0.2) is 5.15 Å². The van der Waals surface area contributed by atoms with Crippen molar-refractivity contribution in [3.63, 3.8) is 0 Å². The van der Waals surface area contributed by atoms with Gasteiger partial charge in [-0.15, -0.1) is 0 Å². The van der Waals surface area contributed by atoms with Crippen LogP contribution in [-0.2, 0) is 6.42 Å². The van der Waals surface area contributed by atoms with E-state index >= 15 is 0 Å². The molecule has 0 radical (unpaired) electrons. The summed E-state index contributed by atoms with van der Waals surface area (Å²) in [6.07, 6.45) is 2.52. The summed E-state index contributed by atoms with van der Waals surface area (Å²) in [6.45, 7) is 0. The second kappa shape index (κ2) is 4.37. The number of imidazole rings is 1. The Kier molecular flexibility index (Phi) is 2.84. The molecule has 18 heavy (non-hydrogen) atoms. The molecular formula is C13H13ClFN3. The zero-order valence-corrected chi connectivity index (χ0v) is 10.5. The van der Waals surface area contributed by atoms with E-state index in [1.165, 1.54) is 6.07 Å². The summed E-state index contributed by atoms with van der Waals surface area (Å²) in [5.74, 6) is 0.222. The fourth-order valence-electron chi connectivity index (χ4n) is 2.46. The van der Waals surface area contributed by atoms with Crippen molar-refractivity contribution < 1.29 is 4.39 Å². The second-order valence-corrected chi connectivity index (χ2v) is 4.84. The van der Waals surface area contributed by atoms with Crippen molar-refractivity contribution in [1.82, 2.24) is 9.55 Å². The van der Waals surface area contributed by atoms with Crippen LogP contribution in [0.25, 0.3) is 11.4 Å². The molecule has 0 amide bonds. The fraction of sp³-hybridized carbons (Fsp3) is 0.308. The van der Waals surface area contributed by atoms with E-state index in [1.54, 1.807) is 18.2 Å². The number of nitrogens with two attached hydrogens (primary N) is 1. The van der Waals surface area contributed by atoms with Crippen LogP contribution >= 0.6 is 11.6 Å². The van der Waals surface area contributed by atoms with Crippen LogP contribution in [-0.4, -0.2) is 9.55 Å². The highest BCUT2D eigenvalue weighted by molar-refractivity contribution is 6.30. The SMILES string of the molecule is NC1CCCc2c(Cl)nc(-c3ccccc3F)n21. The highest BCUT2D eigenvalue weighted by atomic mass is 35.5. The highest BCUT2D eigenvalue weighted by Gasteiger charge is 2.25. The molecular weight excluding hydrogens is 253 g/mol. The molecule has 2 heterocycles. The van der Waals surface area contributed by atoms with Gasteiger partial charge in [0.25, 0.3) is 0 Å². The van der Waals surface area contributed by atoms with Crippen LogP contribution in [0.2, 0.25) is 5.15 Å². The third kappa shape index (κ3) is 1.72. The van der Waals surface area contributed by atoms with Gasteiger partial charge in [0.2, 0.25) is 0 Å². The molecule has 1 aromatic heterocycles. The molecule has 0 bridgehead atoms. The van der Waals surface area contributed by atoms with Crippen LogP contribution < -0.4 is 5.73 Å². The number of benzene rings is 1. The molecule has 0 saturated heterocycles. The summed E-state index contributed by atoms with van der Waals surface area (Å²) in [5.41, 5.74) is 7.45. The van der Waals surface area contributed by atoms with E-state index in [0.29, 0.717) is 16.5 Å². The molecule has 1 aromatic carbocycles. The molecule has 0 saturated carbocycles. The maximum absolute atomic E-state index is 13.8. The van der Waals surface area contributed by atoms with Crippen LogP contribution in [0.4, 0.5) is 4.39 Å². The lowest BCUT2D eigenvalue weighted by Gasteiger charge is -2.24. The van der Waals surface area contributed by atoms with E-state index in [0.717, 1.165) is 25.0 Å². The fourth-order valence-corrected chi connectivity index (χ4v) is 2.73. The van der Waals surface area contributed by atoms with E-state index in [9.17, 15) is 4.39 Å². The molecule has 0 fully saturated rings. The minimum Gasteiger partial charge on any atom is -0.311 e. The van der Waals surface area contributed by atoms with Crippen molar-refractivity contribution in [1.29, 1.82) is 0 Å². The van der Waals surface area contributed by atoms with Gasteiger partial charge in [0, 0.05) is 0 Å². The monoisotopic (exact) mass is 265 g/mol. The summed E-state index contributed by atoms with van der Waals surface area (Å²) in [4.78, 5) is 4.28. The van der Waals surface area contributed by atoms with Gasteiger partial charge >= 0.3 is 0 Å². The number of hydrogen-bond donors (Lipinski definition) is 1. The van der Waals surface area contributed by atoms with Crippen molar-refractivity contribution in [2.75, 3.05) is 0 Å². The normalized spacial score (nSPS) is 18.7. The Bertz CT molecular complexity index is 594. The molecule has 2 aromatic rings. The Morgan fingerprint density at radius 2 is 2.17 bits per heavy atom. The summed E-state index contributed by atoms with van der Waals surface area (Å²) in [7, 11) is 0. The first kappa shape index (κ1) is 11.7. The number of nitrogens with zero attached hydrogens (tertiary/aromatic N) is 2. The topological polar surface area (TPSA) is 43.8 Å². The molecule has 2 N–H and O–H groups in total. The average Bonchev–Trinajstić information content (AvgIpc) is 2.69. The number of hydrogen-bond acceptors (Lipinski definition) is 2. The van der Waals surface area contributed by atoms with Crippen LogP contribution in [0.3, 0.4) is 0 Å². The third-order valence-corrected chi connectivity index (χ3v) is 3.62. The van der Waals surface area contributed by atoms with Crippen LogP contribution in [0.1, 0.15) is 24.7 Å². The number of fused-ring (bicyclic) bond motifs is 1. The lowest BCUT2D eigenvalue weighted by Crippen LogP contribution is -2.25. The maximum atomic E-state index is 13.8. The quantitative estimate of drug-likeness (QED) is 0.861. The number of rotatable bonds is 1. The van der Waals surface area contributed by atoms with Gasteiger partial charge in [0.05, 0.1) is 17.4 Å². The van der Waals surface area contributed by atoms with Crippen molar-refractivity contribution >= 4 is 11.6 Å². The van der Waals surface area contributed by atoms with E-state index < -0.39 is 0 Å². The van der Waals surface area contributed by atoms with Crippen molar-refractivity contribution in [2.24, 2.45) is 5.73 Å². The number of aromatic nitrogens is 2. The molecule has 3 nitrogen and oxygen atoms in total. The zero-order chi connectivity index (χ0) is 12.7. The summed E-state index contributed by atoms with van der Waals surface area (Å²) < 4.78 is 15.7. The van der Waals surface area contributed by atoms with E-state index in [4.69, 9.17) is 17.3 Å². The number of halogens is 2. The first-order valence-corrected chi connectivity index (χ1v) is 6.33. The molecule has 0 aliphatic carbocycles. The Hall–Kier alpha value is -1.39. The molecule has 0 spiro atoms. The first-order chi connectivity index (χ1) is 8.68. The molecule has 1 unspecified atom stereocenters. The zero-order valence-electron chi connectivity index (χ0n) is 9.74. The van der Waals surface area contributed by atoms with Gasteiger partial charge in [-0.05, 0) is 31.4 Å². The van der Waals surface area contributed by atoms with Crippen LogP contribution in [0.15, 0.2) is 24.3 Å². The Morgan fingerprint density at radius 1 is 1.39 bits per heavy atom. The van der Waals surface area contributed by atoms with E-state index in [1.807, 2.05) is 4.57 Å². The average molecular weight is 266 g/mol. The van der Waals surface area contributed by atoms with Crippen molar-refractivity contribution in [3.8, 4) is 11.4 Å². The Balaban J connectivity index is 2.22. The standard InChI is InChI=1S/C13H13ClFN3/c14-12-10-6-3-7-11(16)18(10)13(17-12)8-4-1-2-5-9(8)15/h1-2,4-5,11H,3,6-7,16H2. The van der Waals surface area contributed by atoms with Crippen LogP contribution in [0, 0.1) is 5.82 Å². The minimum atomic E-state index is -0.306. The molecule has 1 atom stereocenters. The van der Waals surface area contributed by atoms with Gasteiger partial charge in [-0.2, -0.15) is 0 Å². The maximum Gasteiger partial charge on any atom is 0.151 e. The summed E-state index contributed by atoms with van der Waals surface area (Å²) >= 11 is 6.12. The smallest absolute Gasteiger partial charge is 0.151 e. The lowest BCUT2D eigenvalue weighted by atomic mass is 10.1. The third-order valence-electron chi connectivity index (χ3n) is 3.32. The molecule has 3 rings (SSSR count). The molecule has 5 heteroatoms. The summed E-state index contributed by atoms with van der Waals surface area (Å²) in [6, 6.07) is 6.55. The van der Waals surface area contributed by atoms with Gasteiger partial charge in [-0.3, -0.25) is 0 Å². The van der Waals surface area contributed by atoms with E-state index in [2.05, 4.69) is 4.98 Å². The van der Waals surface area contributed by atoms with E-state index in [-0.39, 0.29) is 12.0 Å². The predicted molar refractivity (Wildman–Crippen MR) is 68.8 cm³/mol. The molecule has 94 valence electrons. The van der Waals surface area contributed by atoms with Crippen molar-refractivity contribution in [2.45, 2.75) is 25.4 Å². The van der Waals surface area contributed by atoms with Crippen LogP contribution in [0.5, 0.6) is 0 Å². The van der Waals surface area contributed by atoms with Crippen molar-refractivity contribution in [3.05, 3.63) is 40.9 Å². The predicted octanol–water partition coefficient (Wildman–Crippen LogP) is 3.14. The Labute approximate surface area is 109 Å². The minimum absolute atomic E-state index is 0.177. The molecule has 1 aliphatic heterocycles. The second-order valence-electron chi connectivity index (χ2n) is 4.48. The summed E-state index contributed by atoms with van der Waals surface area (Å²) in [5, 5.41) is 0.434. The first-order valence-electron chi connectivity index (χ1n) is 5.95. The van der Waals surface area contributed by atoms with Gasteiger partial charge < -0.3 is 10.3 Å².